The van der Waals surface area contributed by atoms with Crippen LogP contribution in [0.4, 0.5) is 0 Å². The Hall–Kier alpha value is -3.47. The molecule has 1 N–H and O–H groups in total. The molecule has 0 heterocycles. The highest BCUT2D eigenvalue weighted by Crippen LogP contribution is 2.23. The van der Waals surface area contributed by atoms with Gasteiger partial charge in [0.25, 0.3) is 0 Å². The highest BCUT2D eigenvalue weighted by Gasteiger charge is 2.04. The van der Waals surface area contributed by atoms with E-state index in [9.17, 15) is 4.79 Å². The van der Waals surface area contributed by atoms with Crippen LogP contribution in [-0.2, 0) is 0 Å². The summed E-state index contributed by atoms with van der Waals surface area (Å²) in [6.45, 7) is 0.654. The van der Waals surface area contributed by atoms with Crippen LogP contribution < -0.4 is 14.2 Å². The molecular weight excluding hydrogens is 332 g/mol. The molecule has 0 bridgehead atoms. The first-order valence-corrected chi connectivity index (χ1v) is 8.12. The molecule has 0 radical (unpaired) electrons. The first kappa shape index (κ1) is 17.4. The van der Waals surface area contributed by atoms with E-state index in [-0.39, 0.29) is 5.56 Å². The quantitative estimate of drug-likeness (QED) is 0.600. The van der Waals surface area contributed by atoms with Crippen molar-refractivity contribution in [2.45, 2.75) is 0 Å². The van der Waals surface area contributed by atoms with Gasteiger partial charge in [-0.05, 0) is 54.6 Å². The summed E-state index contributed by atoms with van der Waals surface area (Å²) in [6, 6.07) is 23.2. The fourth-order valence-corrected chi connectivity index (χ4v) is 2.27. The maximum Gasteiger partial charge on any atom is 0.335 e. The Bertz CT molecular complexity index is 844. The lowest BCUT2D eigenvalue weighted by Crippen LogP contribution is -2.09. The van der Waals surface area contributed by atoms with Crippen LogP contribution in [0.5, 0.6) is 23.0 Å². The summed E-state index contributed by atoms with van der Waals surface area (Å²) >= 11 is 0. The smallest absolute Gasteiger partial charge is 0.335 e. The second kappa shape index (κ2) is 8.58. The van der Waals surface area contributed by atoms with Crippen molar-refractivity contribution in [3.63, 3.8) is 0 Å². The average molecular weight is 350 g/mol. The summed E-state index contributed by atoms with van der Waals surface area (Å²) in [5.41, 5.74) is 0.192. The number of para-hydroxylation sites is 1. The number of carboxylic acids is 1. The van der Waals surface area contributed by atoms with E-state index in [2.05, 4.69) is 0 Å². The van der Waals surface area contributed by atoms with Crippen molar-refractivity contribution in [1.29, 1.82) is 0 Å². The summed E-state index contributed by atoms with van der Waals surface area (Å²) in [5, 5.41) is 8.95. The molecule has 0 aliphatic heterocycles. The number of aromatic carboxylic acids is 1. The molecule has 0 aromatic heterocycles. The van der Waals surface area contributed by atoms with Crippen LogP contribution in [0, 0.1) is 0 Å². The molecule has 0 unspecified atom stereocenters. The van der Waals surface area contributed by atoms with Crippen molar-refractivity contribution in [1.82, 2.24) is 0 Å². The molecule has 0 amide bonds. The Labute approximate surface area is 151 Å². The fraction of sp³-hybridized carbons (Fsp3) is 0.0952. The monoisotopic (exact) mass is 350 g/mol. The first-order valence-electron chi connectivity index (χ1n) is 8.12. The van der Waals surface area contributed by atoms with Gasteiger partial charge in [-0.1, -0.05) is 24.3 Å². The van der Waals surface area contributed by atoms with E-state index in [0.29, 0.717) is 24.7 Å². The number of rotatable bonds is 8. The SMILES string of the molecule is O=C(O)c1cccc(OCCOc2ccc(Oc3ccccc3)cc2)c1. The van der Waals surface area contributed by atoms with Gasteiger partial charge >= 0.3 is 5.97 Å². The van der Waals surface area contributed by atoms with Gasteiger partial charge in [-0.25, -0.2) is 4.79 Å². The number of benzene rings is 3. The molecule has 26 heavy (non-hydrogen) atoms. The van der Waals surface area contributed by atoms with Gasteiger partial charge in [0.2, 0.25) is 0 Å². The Morgan fingerprint density at radius 2 is 1.27 bits per heavy atom. The number of carbonyl (C=O) groups is 1. The van der Waals surface area contributed by atoms with Crippen LogP contribution in [0.25, 0.3) is 0 Å². The normalized spacial score (nSPS) is 10.2. The minimum absolute atomic E-state index is 0.192. The van der Waals surface area contributed by atoms with E-state index in [1.807, 2.05) is 54.6 Å². The molecule has 0 fully saturated rings. The van der Waals surface area contributed by atoms with Gasteiger partial charge in [0.05, 0.1) is 5.56 Å². The molecule has 0 aliphatic carbocycles. The third-order valence-electron chi connectivity index (χ3n) is 3.50. The Morgan fingerprint density at radius 3 is 1.96 bits per heavy atom. The van der Waals surface area contributed by atoms with Gasteiger partial charge in [-0.2, -0.15) is 0 Å². The van der Waals surface area contributed by atoms with Crippen molar-refractivity contribution >= 4 is 5.97 Å². The molecule has 0 aliphatic rings. The molecular formula is C21H18O5. The third-order valence-corrected chi connectivity index (χ3v) is 3.50. The van der Waals surface area contributed by atoms with Crippen LogP contribution in [0.3, 0.4) is 0 Å². The van der Waals surface area contributed by atoms with Crippen molar-refractivity contribution in [3.8, 4) is 23.0 Å². The largest absolute Gasteiger partial charge is 0.490 e. The molecule has 0 saturated carbocycles. The Morgan fingerprint density at radius 1 is 0.692 bits per heavy atom. The van der Waals surface area contributed by atoms with Gasteiger partial charge in [0, 0.05) is 0 Å². The van der Waals surface area contributed by atoms with E-state index < -0.39 is 5.97 Å². The Kier molecular flexibility index (Phi) is 5.72. The molecule has 0 saturated heterocycles. The lowest BCUT2D eigenvalue weighted by Gasteiger charge is -2.10. The van der Waals surface area contributed by atoms with Crippen molar-refractivity contribution in [2.75, 3.05) is 13.2 Å². The van der Waals surface area contributed by atoms with Crippen LogP contribution in [-0.4, -0.2) is 24.3 Å². The van der Waals surface area contributed by atoms with E-state index >= 15 is 0 Å². The van der Waals surface area contributed by atoms with E-state index in [0.717, 1.165) is 11.5 Å². The van der Waals surface area contributed by atoms with Gasteiger partial charge in [-0.15, -0.1) is 0 Å². The van der Waals surface area contributed by atoms with Crippen LogP contribution in [0.15, 0.2) is 78.9 Å². The van der Waals surface area contributed by atoms with Crippen molar-refractivity contribution in [2.24, 2.45) is 0 Å². The van der Waals surface area contributed by atoms with Crippen LogP contribution in [0.2, 0.25) is 0 Å². The predicted molar refractivity (Wildman–Crippen MR) is 97.3 cm³/mol. The van der Waals surface area contributed by atoms with Gasteiger partial charge in [0.1, 0.15) is 36.2 Å². The number of hydrogen-bond acceptors (Lipinski definition) is 4. The minimum atomic E-state index is -0.982. The highest BCUT2D eigenvalue weighted by atomic mass is 16.5. The summed E-state index contributed by atoms with van der Waals surface area (Å²) in [7, 11) is 0. The number of hydrogen-bond donors (Lipinski definition) is 1. The fourth-order valence-electron chi connectivity index (χ4n) is 2.27. The van der Waals surface area contributed by atoms with E-state index in [1.165, 1.54) is 12.1 Å². The molecule has 132 valence electrons. The van der Waals surface area contributed by atoms with Gasteiger partial charge in [-0.3, -0.25) is 0 Å². The first-order chi connectivity index (χ1) is 12.7. The third kappa shape index (κ3) is 5.01. The molecule has 3 rings (SSSR count). The second-order valence-corrected chi connectivity index (χ2v) is 5.42. The molecule has 0 spiro atoms. The maximum atomic E-state index is 10.9. The molecule has 5 heteroatoms. The zero-order valence-corrected chi connectivity index (χ0v) is 14.0. The molecule has 3 aromatic rings. The topological polar surface area (TPSA) is 65.0 Å². The minimum Gasteiger partial charge on any atom is -0.490 e. The lowest BCUT2D eigenvalue weighted by molar-refractivity contribution is 0.0696. The summed E-state index contributed by atoms with van der Waals surface area (Å²) in [6.07, 6.45) is 0. The van der Waals surface area contributed by atoms with Crippen molar-refractivity contribution < 1.29 is 24.1 Å². The lowest BCUT2D eigenvalue weighted by atomic mass is 10.2. The molecule has 0 atom stereocenters. The zero-order chi connectivity index (χ0) is 18.2. The van der Waals surface area contributed by atoms with Crippen LogP contribution in [0.1, 0.15) is 10.4 Å². The predicted octanol–water partition coefficient (Wildman–Crippen LogP) is 4.63. The number of ether oxygens (including phenoxy) is 3. The Balaban J connectivity index is 1.45. The summed E-state index contributed by atoms with van der Waals surface area (Å²) < 4.78 is 16.8. The molecule has 5 nitrogen and oxygen atoms in total. The number of carboxylic acid groups (broad SMARTS) is 1. The van der Waals surface area contributed by atoms with Gasteiger partial charge < -0.3 is 19.3 Å². The maximum absolute atomic E-state index is 10.9. The standard InChI is InChI=1S/C21H18O5/c22-21(23)16-5-4-8-20(15-16)25-14-13-24-17-9-11-19(12-10-17)26-18-6-2-1-3-7-18/h1-12,15H,13-14H2,(H,22,23). The van der Waals surface area contributed by atoms with E-state index in [1.54, 1.807) is 12.1 Å². The van der Waals surface area contributed by atoms with Gasteiger partial charge in [0.15, 0.2) is 0 Å². The zero-order valence-electron chi connectivity index (χ0n) is 14.0. The summed E-state index contributed by atoms with van der Waals surface area (Å²) in [4.78, 5) is 10.9. The molecule has 3 aromatic carbocycles. The average Bonchev–Trinajstić information content (AvgIpc) is 2.67. The van der Waals surface area contributed by atoms with Crippen LogP contribution >= 0.6 is 0 Å². The van der Waals surface area contributed by atoms with E-state index in [4.69, 9.17) is 19.3 Å². The highest BCUT2D eigenvalue weighted by molar-refractivity contribution is 5.87. The van der Waals surface area contributed by atoms with Crippen molar-refractivity contribution in [3.05, 3.63) is 84.4 Å². The second-order valence-electron chi connectivity index (χ2n) is 5.42. The summed E-state index contributed by atoms with van der Waals surface area (Å²) in [5.74, 6) is 1.72.